The fraction of sp³-hybridized carbons (Fsp3) is 0.500. The average molecular weight is 1230 g/mol. The molecular formula is C56H80F2N14O15. The number of nitrogens with one attached hydrogen (secondary N) is 8. The number of urea groups is 2. The molecule has 478 valence electrons. The lowest BCUT2D eigenvalue weighted by Crippen LogP contribution is -2.49. The van der Waals surface area contributed by atoms with Crippen LogP contribution in [-0.2, 0) is 44.9 Å². The summed E-state index contributed by atoms with van der Waals surface area (Å²) in [4.78, 5) is 128. The van der Waals surface area contributed by atoms with Crippen LogP contribution in [0, 0.1) is 11.6 Å². The van der Waals surface area contributed by atoms with Gasteiger partial charge in [0.15, 0.2) is 5.96 Å². The number of hydroxylamine groups is 1. The maximum atomic E-state index is 14.7. The second-order valence-corrected chi connectivity index (χ2v) is 20.0. The minimum atomic E-state index is -1.27. The molecule has 1 unspecified atom stereocenters. The standard InChI is InChI=1S/C56H80F2N14O15/c1-2-46(74)60-17-18-63-56(85)67-54(59)61-16-9-14-45(52(82)65-33-42-43(57)31-40(73)32-44(42)58)66-53(83)51(38-10-4-3-5-11-38)39-12-8-13-41(30-39)86-28-7-6-15-62-55(84)64-19-29-87-68-47(75)34-69-20-22-70(35-48(76)77)24-26-72(37-50(80)81)27-25-71(23-21-69)36-49(78)79/h3-5,8,10-13,30-32,45,51,73H,2,6-7,9,14-29,33-37H2,1H3,(H,60,74)(H,65,82)(H,66,83)(H,68,75)(H,76,77)(H,78,79)(H,80,81)(H2,62,64,84)(H4,59,61,63,67,85)/t45?,51-/m1/s1. The van der Waals surface area contributed by atoms with Crippen LogP contribution in [0.25, 0.3) is 0 Å². The lowest BCUT2D eigenvalue weighted by atomic mass is 9.90. The second kappa shape index (κ2) is 39.0. The molecular weight excluding hydrogens is 1150 g/mol. The third-order valence-corrected chi connectivity index (χ3v) is 13.2. The van der Waals surface area contributed by atoms with Crippen molar-refractivity contribution in [2.75, 3.05) is 124 Å². The van der Waals surface area contributed by atoms with Crippen molar-refractivity contribution < 1.29 is 81.9 Å². The summed E-state index contributed by atoms with van der Waals surface area (Å²) in [5.74, 6) is -8.98. The van der Waals surface area contributed by atoms with E-state index in [2.05, 4.69) is 47.7 Å². The Hall–Kier alpha value is -8.78. The van der Waals surface area contributed by atoms with Crippen LogP contribution in [-0.4, -0.2) is 230 Å². The lowest BCUT2D eigenvalue weighted by molar-refractivity contribution is -0.141. The number of phenolic OH excluding ortho intramolecular Hbond substituents is 1. The van der Waals surface area contributed by atoms with Gasteiger partial charge in [0.25, 0.3) is 5.91 Å². The summed E-state index contributed by atoms with van der Waals surface area (Å²) in [5.41, 5.74) is 8.75. The maximum absolute atomic E-state index is 14.7. The Morgan fingerprint density at radius 2 is 1.15 bits per heavy atom. The minimum Gasteiger partial charge on any atom is -0.508 e. The molecule has 3 aromatic rings. The first-order valence-electron chi connectivity index (χ1n) is 28.3. The van der Waals surface area contributed by atoms with Gasteiger partial charge in [-0.1, -0.05) is 49.4 Å². The molecule has 0 bridgehead atoms. The highest BCUT2D eigenvalue weighted by Crippen LogP contribution is 2.28. The fourth-order valence-corrected chi connectivity index (χ4v) is 8.76. The summed E-state index contributed by atoms with van der Waals surface area (Å²) in [6, 6.07) is 14.4. The van der Waals surface area contributed by atoms with Gasteiger partial charge in [-0.3, -0.25) is 58.0 Å². The van der Waals surface area contributed by atoms with E-state index in [0.717, 1.165) is 0 Å². The van der Waals surface area contributed by atoms with Crippen molar-refractivity contribution >= 4 is 59.6 Å². The van der Waals surface area contributed by atoms with Crippen LogP contribution in [0.1, 0.15) is 61.6 Å². The maximum Gasteiger partial charge on any atom is 0.344 e. The molecule has 29 nitrogen and oxygen atoms in total. The average Bonchev–Trinajstić information content (AvgIpc) is 3.67. The van der Waals surface area contributed by atoms with Gasteiger partial charge < -0.3 is 68.1 Å². The monoisotopic (exact) mass is 1230 g/mol. The second-order valence-electron chi connectivity index (χ2n) is 20.0. The van der Waals surface area contributed by atoms with Crippen molar-refractivity contribution in [3.8, 4) is 11.5 Å². The van der Waals surface area contributed by atoms with Gasteiger partial charge in [0.2, 0.25) is 17.7 Å². The van der Waals surface area contributed by atoms with Crippen LogP contribution in [0.5, 0.6) is 11.5 Å². The van der Waals surface area contributed by atoms with E-state index in [0.29, 0.717) is 41.9 Å². The van der Waals surface area contributed by atoms with E-state index in [-0.39, 0.29) is 156 Å². The summed E-state index contributed by atoms with van der Waals surface area (Å²) in [5, 5.41) is 56.4. The number of hydrogen-bond donors (Lipinski definition) is 13. The zero-order valence-electron chi connectivity index (χ0n) is 48.5. The molecule has 1 fully saturated rings. The van der Waals surface area contributed by atoms with Crippen LogP contribution in [0.4, 0.5) is 18.4 Å². The number of ether oxygens (including phenoxy) is 1. The van der Waals surface area contributed by atoms with Crippen LogP contribution in [0.15, 0.2) is 71.7 Å². The first-order chi connectivity index (χ1) is 41.7. The zero-order chi connectivity index (χ0) is 63.5. The number of nitrogens with two attached hydrogens (primary N) is 1. The number of phenols is 1. The molecule has 14 N–H and O–H groups in total. The van der Waals surface area contributed by atoms with Crippen molar-refractivity contribution in [1.29, 1.82) is 0 Å². The number of guanidine groups is 1. The van der Waals surface area contributed by atoms with Crippen LogP contribution < -0.4 is 53.2 Å². The number of carboxylic acids is 3. The zero-order valence-corrected chi connectivity index (χ0v) is 48.5. The number of carboxylic acid groups (broad SMARTS) is 3. The first kappa shape index (κ1) is 70.7. The van der Waals surface area contributed by atoms with Gasteiger partial charge in [-0.25, -0.2) is 23.9 Å². The molecule has 87 heavy (non-hydrogen) atoms. The summed E-state index contributed by atoms with van der Waals surface area (Å²) in [7, 11) is 0. The Morgan fingerprint density at radius 3 is 1.74 bits per heavy atom. The number of rotatable bonds is 33. The fourth-order valence-electron chi connectivity index (χ4n) is 8.76. The number of aliphatic imine (C=N–C) groups is 1. The number of halogens is 2. The molecule has 4 rings (SSSR count). The quantitative estimate of drug-likeness (QED) is 0.0158. The van der Waals surface area contributed by atoms with E-state index in [4.69, 9.17) is 15.3 Å². The molecule has 2 atom stereocenters. The summed E-state index contributed by atoms with van der Waals surface area (Å²) in [6.45, 7) is 2.63. The van der Waals surface area contributed by atoms with Crippen LogP contribution in [0.3, 0.4) is 0 Å². The number of amides is 8. The number of nitrogens with zero attached hydrogens (tertiary/aromatic N) is 5. The van der Waals surface area contributed by atoms with Crippen LogP contribution in [0.2, 0.25) is 0 Å². The molecule has 0 radical (unpaired) electrons. The molecule has 0 spiro atoms. The van der Waals surface area contributed by atoms with Gasteiger partial charge in [-0.15, -0.1) is 0 Å². The Morgan fingerprint density at radius 1 is 0.598 bits per heavy atom. The molecule has 0 aromatic heterocycles. The minimum absolute atomic E-state index is 0.0259. The number of carbonyl (C=O) groups is 9. The van der Waals surface area contributed by atoms with Gasteiger partial charge >= 0.3 is 30.0 Å². The number of carbonyl (C=O) groups excluding carboxylic acids is 6. The molecule has 1 aliphatic rings. The number of aromatic hydroxyl groups is 1. The van der Waals surface area contributed by atoms with E-state index in [1.54, 1.807) is 81.1 Å². The molecule has 1 aliphatic heterocycles. The highest BCUT2D eigenvalue weighted by Gasteiger charge is 2.29. The highest BCUT2D eigenvalue weighted by molar-refractivity contribution is 5.93. The third-order valence-electron chi connectivity index (χ3n) is 13.2. The summed E-state index contributed by atoms with van der Waals surface area (Å²) in [6.07, 6.45) is 1.45. The molecule has 8 amide bonds. The van der Waals surface area contributed by atoms with Gasteiger partial charge in [-0.2, -0.15) is 4.99 Å². The van der Waals surface area contributed by atoms with E-state index < -0.39 is 89.1 Å². The van der Waals surface area contributed by atoms with E-state index >= 15 is 0 Å². The van der Waals surface area contributed by atoms with E-state index in [9.17, 15) is 72.4 Å². The van der Waals surface area contributed by atoms with Gasteiger partial charge in [0.1, 0.15) is 29.2 Å². The molecule has 1 heterocycles. The first-order valence-corrected chi connectivity index (χ1v) is 28.3. The normalized spacial score (nSPS) is 14.6. The number of benzene rings is 3. The summed E-state index contributed by atoms with van der Waals surface area (Å²) < 4.78 is 35.4. The van der Waals surface area contributed by atoms with Gasteiger partial charge in [-0.05, 0) is 48.9 Å². The topological polar surface area (TPSA) is 401 Å². The Labute approximate surface area is 501 Å². The highest BCUT2D eigenvalue weighted by atomic mass is 19.1. The smallest absolute Gasteiger partial charge is 0.344 e. The molecule has 0 aliphatic carbocycles. The Bertz CT molecular complexity index is 2720. The predicted octanol–water partition coefficient (Wildman–Crippen LogP) is -0.495. The van der Waals surface area contributed by atoms with Gasteiger partial charge in [0, 0.05) is 116 Å². The largest absolute Gasteiger partial charge is 0.508 e. The number of hydrogen-bond acceptors (Lipinski definition) is 16. The van der Waals surface area contributed by atoms with Crippen molar-refractivity contribution in [2.24, 2.45) is 10.7 Å². The SMILES string of the molecule is CCC(=O)NCCNC(=O)/N=C(/N)NCCCC(NC(=O)[C@H](c1ccccc1)c1cccc(OCCCCNC(=O)NCCONC(=O)CN2CCN(CC(=O)O)CCN(CC(=O)O)CCN(CC(=O)O)CC2)c1)C(=O)NCc1c(F)cc(O)cc1F. The summed E-state index contributed by atoms with van der Waals surface area (Å²) >= 11 is 0. The van der Waals surface area contributed by atoms with Crippen LogP contribution >= 0.6 is 0 Å². The number of unbranched alkanes of at least 4 members (excludes halogenated alkanes) is 1. The lowest BCUT2D eigenvalue weighted by Gasteiger charge is -2.32. The predicted molar refractivity (Wildman–Crippen MR) is 311 cm³/mol. The van der Waals surface area contributed by atoms with Crippen molar-refractivity contribution in [2.45, 2.75) is 57.5 Å². The van der Waals surface area contributed by atoms with Gasteiger partial charge in [0.05, 0.1) is 45.3 Å². The number of aliphatic carboxylic acids is 3. The molecule has 1 saturated heterocycles. The Kier molecular flexibility index (Phi) is 31.7. The Balaban J connectivity index is 1.26. The van der Waals surface area contributed by atoms with Crippen molar-refractivity contribution in [3.05, 3.63) is 95.1 Å². The van der Waals surface area contributed by atoms with Crippen molar-refractivity contribution in [3.63, 3.8) is 0 Å². The molecule has 31 heteroatoms. The van der Waals surface area contributed by atoms with E-state index in [1.807, 2.05) is 0 Å². The molecule has 0 saturated carbocycles. The molecule has 3 aromatic carbocycles. The van der Waals surface area contributed by atoms with Crippen molar-refractivity contribution in [1.82, 2.24) is 62.3 Å². The third kappa shape index (κ3) is 28.8. The van der Waals surface area contributed by atoms with E-state index in [1.165, 1.54) is 0 Å².